The van der Waals surface area contributed by atoms with Crippen LogP contribution in [0.2, 0.25) is 0 Å². The second-order valence-electron chi connectivity index (χ2n) is 2.73. The summed E-state index contributed by atoms with van der Waals surface area (Å²) < 4.78 is 37.9. The van der Waals surface area contributed by atoms with Gasteiger partial charge in [0.25, 0.3) is 12.4 Å². The van der Waals surface area contributed by atoms with E-state index in [1.807, 2.05) is 0 Å². The molecule has 0 spiro atoms. The van der Waals surface area contributed by atoms with Crippen LogP contribution in [0.1, 0.15) is 17.7 Å². The monoisotopic (exact) mass is 231 g/mol. The van der Waals surface area contributed by atoms with Crippen LogP contribution in [0.15, 0.2) is 6.07 Å². The van der Waals surface area contributed by atoms with Crippen molar-refractivity contribution in [3.05, 3.63) is 33.4 Å². The number of nitriles is 1. The summed E-state index contributed by atoms with van der Waals surface area (Å²) in [5.41, 5.74) is -2.68. The minimum absolute atomic E-state index is 0.263. The maximum absolute atomic E-state index is 13.0. The van der Waals surface area contributed by atoms with Crippen molar-refractivity contribution in [2.45, 2.75) is 12.8 Å². The smallest absolute Gasteiger partial charge is 0.258 e. The van der Waals surface area contributed by atoms with Crippen molar-refractivity contribution in [3.63, 3.8) is 0 Å². The third-order valence-electron chi connectivity index (χ3n) is 1.71. The zero-order valence-electron chi connectivity index (χ0n) is 7.65. The number of aromatic nitrogens is 1. The Morgan fingerprint density at radius 2 is 2.25 bits per heavy atom. The van der Waals surface area contributed by atoms with Gasteiger partial charge in [-0.05, 0) is 6.07 Å². The molecule has 0 N–H and O–H groups in total. The molecule has 1 heterocycles. The summed E-state index contributed by atoms with van der Waals surface area (Å²) in [6, 6.07) is 2.24. The molecule has 0 saturated carbocycles. The lowest BCUT2D eigenvalue weighted by atomic mass is 10.1. The summed E-state index contributed by atoms with van der Waals surface area (Å²) in [7, 11) is 0. The van der Waals surface area contributed by atoms with Crippen LogP contribution in [0.3, 0.4) is 0 Å². The van der Waals surface area contributed by atoms with Crippen molar-refractivity contribution in [1.82, 2.24) is 4.98 Å². The lowest BCUT2D eigenvalue weighted by Gasteiger charge is -2.03. The van der Waals surface area contributed by atoms with Crippen LogP contribution >= 0.6 is 0 Å². The predicted octanol–water partition coefficient (Wildman–Crippen LogP) is 2.13. The Hall–Kier alpha value is -2.17. The number of halogens is 3. The topological polar surface area (TPSA) is 79.8 Å². The van der Waals surface area contributed by atoms with Crippen molar-refractivity contribution in [3.8, 4) is 6.07 Å². The van der Waals surface area contributed by atoms with E-state index in [-0.39, 0.29) is 5.69 Å². The van der Waals surface area contributed by atoms with Crippen molar-refractivity contribution in [2.24, 2.45) is 0 Å². The molecule has 0 fully saturated rings. The second-order valence-corrected chi connectivity index (χ2v) is 2.73. The molecule has 0 aliphatic rings. The van der Waals surface area contributed by atoms with Crippen LogP contribution in [-0.2, 0) is 6.42 Å². The minimum Gasteiger partial charge on any atom is -0.258 e. The lowest BCUT2D eigenvalue weighted by molar-refractivity contribution is -0.389. The van der Waals surface area contributed by atoms with Gasteiger partial charge in [0.1, 0.15) is 5.56 Å². The fourth-order valence-corrected chi connectivity index (χ4v) is 1.10. The van der Waals surface area contributed by atoms with Crippen molar-refractivity contribution >= 4 is 5.69 Å². The Morgan fingerprint density at radius 3 is 2.69 bits per heavy atom. The Labute approximate surface area is 87.3 Å². The Balaban J connectivity index is 3.40. The largest absolute Gasteiger partial charge is 0.332 e. The van der Waals surface area contributed by atoms with Gasteiger partial charge < -0.3 is 0 Å². The van der Waals surface area contributed by atoms with Crippen molar-refractivity contribution in [2.75, 3.05) is 0 Å². The van der Waals surface area contributed by atoms with Crippen LogP contribution < -0.4 is 0 Å². The fourth-order valence-electron chi connectivity index (χ4n) is 1.10. The first-order chi connectivity index (χ1) is 7.47. The van der Waals surface area contributed by atoms with Gasteiger partial charge in [0.2, 0.25) is 0 Å². The first-order valence-electron chi connectivity index (χ1n) is 3.96. The van der Waals surface area contributed by atoms with Crippen LogP contribution in [-0.4, -0.2) is 9.91 Å². The first kappa shape index (κ1) is 11.9. The molecule has 1 aromatic rings. The Kier molecular flexibility index (Phi) is 3.40. The molecule has 0 aliphatic heterocycles. The molecule has 0 atom stereocenters. The number of rotatable bonds is 3. The van der Waals surface area contributed by atoms with Crippen LogP contribution in [0.4, 0.5) is 18.9 Å². The lowest BCUT2D eigenvalue weighted by Crippen LogP contribution is -2.04. The molecule has 0 radical (unpaired) electrons. The standard InChI is InChI=1S/C8H4F3N3O2/c9-7(10)5-3-4(1-2-12)13-8(11)6(5)14(15)16/h3,7H,1H2. The molecule has 8 heteroatoms. The normalized spacial score (nSPS) is 10.2. The molecule has 0 saturated heterocycles. The number of nitro groups is 1. The molecular formula is C8H4F3N3O2. The van der Waals surface area contributed by atoms with Crippen LogP contribution in [0.25, 0.3) is 0 Å². The highest BCUT2D eigenvalue weighted by molar-refractivity contribution is 5.41. The quantitative estimate of drug-likeness (QED) is 0.453. The molecule has 0 aliphatic carbocycles. The highest BCUT2D eigenvalue weighted by Crippen LogP contribution is 2.30. The number of pyridine rings is 1. The fraction of sp³-hybridized carbons (Fsp3) is 0.250. The second kappa shape index (κ2) is 4.57. The van der Waals surface area contributed by atoms with Crippen LogP contribution in [0, 0.1) is 27.4 Å². The van der Waals surface area contributed by atoms with E-state index >= 15 is 0 Å². The summed E-state index contributed by atoms with van der Waals surface area (Å²) in [5, 5.41) is 18.6. The maximum Gasteiger partial charge on any atom is 0.332 e. The third-order valence-corrected chi connectivity index (χ3v) is 1.71. The zero-order chi connectivity index (χ0) is 12.3. The number of hydrogen-bond donors (Lipinski definition) is 0. The molecule has 0 amide bonds. The van der Waals surface area contributed by atoms with Crippen molar-refractivity contribution in [1.29, 1.82) is 5.26 Å². The molecule has 16 heavy (non-hydrogen) atoms. The van der Waals surface area contributed by atoms with Gasteiger partial charge in [0.15, 0.2) is 0 Å². The predicted molar refractivity (Wildman–Crippen MR) is 45.1 cm³/mol. The average Bonchev–Trinajstić information content (AvgIpc) is 2.16. The number of hydrogen-bond acceptors (Lipinski definition) is 4. The number of alkyl halides is 2. The average molecular weight is 231 g/mol. The van der Waals surface area contributed by atoms with Crippen molar-refractivity contribution < 1.29 is 18.1 Å². The summed E-state index contributed by atoms with van der Waals surface area (Å²) in [4.78, 5) is 12.1. The van der Waals surface area contributed by atoms with Gasteiger partial charge in [0, 0.05) is 0 Å². The molecule has 1 rings (SSSR count). The van der Waals surface area contributed by atoms with Gasteiger partial charge in [-0.3, -0.25) is 10.1 Å². The van der Waals surface area contributed by atoms with E-state index in [0.717, 1.165) is 0 Å². The number of nitrogens with zero attached hydrogens (tertiary/aromatic N) is 3. The summed E-state index contributed by atoms with van der Waals surface area (Å²) >= 11 is 0. The van der Waals surface area contributed by atoms with Gasteiger partial charge >= 0.3 is 5.69 Å². The highest BCUT2D eigenvalue weighted by atomic mass is 19.3. The maximum atomic E-state index is 13.0. The molecule has 1 aromatic heterocycles. The van der Waals surface area contributed by atoms with E-state index in [1.165, 1.54) is 0 Å². The Bertz CT molecular complexity index is 470. The summed E-state index contributed by atoms with van der Waals surface area (Å²) in [6.07, 6.45) is -3.59. The van der Waals surface area contributed by atoms with E-state index in [1.54, 1.807) is 6.07 Å². The van der Waals surface area contributed by atoms with E-state index < -0.39 is 35.0 Å². The zero-order valence-corrected chi connectivity index (χ0v) is 7.65. The minimum atomic E-state index is -3.20. The van der Waals surface area contributed by atoms with Gasteiger partial charge in [-0.15, -0.1) is 0 Å². The molecule has 5 nitrogen and oxygen atoms in total. The first-order valence-corrected chi connectivity index (χ1v) is 3.96. The van der Waals surface area contributed by atoms with Gasteiger partial charge in [0.05, 0.1) is 23.1 Å². The SMILES string of the molecule is N#CCc1cc(C(F)F)c([N+](=O)[O-])c(F)n1. The third kappa shape index (κ3) is 2.25. The molecule has 0 bridgehead atoms. The van der Waals surface area contributed by atoms with E-state index in [2.05, 4.69) is 4.98 Å². The van der Waals surface area contributed by atoms with E-state index in [9.17, 15) is 23.3 Å². The van der Waals surface area contributed by atoms with E-state index in [0.29, 0.717) is 6.07 Å². The summed E-state index contributed by atoms with van der Waals surface area (Å²) in [5.74, 6) is -1.60. The summed E-state index contributed by atoms with van der Waals surface area (Å²) in [6.45, 7) is 0. The molecule has 84 valence electrons. The molecule has 0 unspecified atom stereocenters. The van der Waals surface area contributed by atoms with Gasteiger partial charge in [-0.2, -0.15) is 9.65 Å². The van der Waals surface area contributed by atoms with E-state index in [4.69, 9.17) is 5.26 Å². The van der Waals surface area contributed by atoms with Gasteiger partial charge in [-0.1, -0.05) is 0 Å². The highest BCUT2D eigenvalue weighted by Gasteiger charge is 2.28. The Morgan fingerprint density at radius 1 is 1.62 bits per heavy atom. The molecule has 0 aromatic carbocycles. The molecular weight excluding hydrogens is 227 g/mol. The van der Waals surface area contributed by atoms with Gasteiger partial charge in [-0.25, -0.2) is 13.8 Å². The van der Waals surface area contributed by atoms with Crippen LogP contribution in [0.5, 0.6) is 0 Å².